The second kappa shape index (κ2) is 4.48. The van der Waals surface area contributed by atoms with E-state index in [0.29, 0.717) is 0 Å². The Kier molecular flexibility index (Phi) is 4.57. The molecule has 1 nitrogen and oxygen atoms in total. The van der Waals surface area contributed by atoms with Crippen LogP contribution in [0.15, 0.2) is 0 Å². The highest BCUT2D eigenvalue weighted by Crippen LogP contribution is 2.62. The molecule has 2 aliphatic rings. The van der Waals surface area contributed by atoms with Gasteiger partial charge in [0.1, 0.15) is 0 Å². The van der Waals surface area contributed by atoms with E-state index in [1.54, 1.807) is 6.42 Å². The number of hydrogen-bond donors (Lipinski definition) is 0. The fourth-order valence-electron chi connectivity index (χ4n) is 2.01. The number of nitrogens with zero attached hydrogens (tertiary/aromatic N) is 1. The van der Waals surface area contributed by atoms with E-state index >= 15 is 0 Å². The van der Waals surface area contributed by atoms with Crippen LogP contribution in [0.25, 0.3) is 0 Å². The monoisotopic (exact) mass is 191 g/mol. The molecule has 0 aromatic heterocycles. The standard InChI is InChI=1S/C7H12.C3H9N.ClH/c1-7-4-2-3-6(7)5-7;1-4(2)3;/h6H,2-5H2,1H3;1-3H3;1H. The summed E-state index contributed by atoms with van der Waals surface area (Å²) in [5, 5.41) is 0. The van der Waals surface area contributed by atoms with E-state index in [0.717, 1.165) is 11.3 Å². The molecule has 2 saturated carbocycles. The second-order valence-electron chi connectivity index (χ2n) is 4.79. The van der Waals surface area contributed by atoms with Crippen molar-refractivity contribution < 1.29 is 0 Å². The Morgan fingerprint density at radius 2 is 1.75 bits per heavy atom. The first kappa shape index (κ1) is 12.2. The molecular weight excluding hydrogens is 170 g/mol. The van der Waals surface area contributed by atoms with E-state index in [9.17, 15) is 0 Å². The van der Waals surface area contributed by atoms with E-state index < -0.39 is 0 Å². The maximum absolute atomic E-state index is 2.44. The van der Waals surface area contributed by atoms with Crippen molar-refractivity contribution in [1.82, 2.24) is 4.90 Å². The fraction of sp³-hybridized carbons (Fsp3) is 1.00. The van der Waals surface area contributed by atoms with Crippen LogP contribution in [0, 0.1) is 11.3 Å². The van der Waals surface area contributed by atoms with Gasteiger partial charge in [0.15, 0.2) is 0 Å². The molecule has 0 bridgehead atoms. The summed E-state index contributed by atoms with van der Waals surface area (Å²) < 4.78 is 0. The number of rotatable bonds is 0. The molecule has 2 unspecified atom stereocenters. The molecule has 74 valence electrons. The van der Waals surface area contributed by atoms with Crippen molar-refractivity contribution in [3.05, 3.63) is 0 Å². The number of fused-ring (bicyclic) bond motifs is 1. The first-order valence-corrected chi connectivity index (χ1v) is 4.65. The Morgan fingerprint density at radius 1 is 1.25 bits per heavy atom. The van der Waals surface area contributed by atoms with E-state index in [-0.39, 0.29) is 12.4 Å². The van der Waals surface area contributed by atoms with Crippen LogP contribution in [0.5, 0.6) is 0 Å². The van der Waals surface area contributed by atoms with Gasteiger partial charge in [0.2, 0.25) is 0 Å². The zero-order valence-electron chi connectivity index (χ0n) is 8.76. The minimum absolute atomic E-state index is 0. The molecule has 0 aromatic rings. The van der Waals surface area contributed by atoms with E-state index in [1.807, 2.05) is 26.0 Å². The molecule has 2 rings (SSSR count). The molecule has 2 atom stereocenters. The molecular formula is C10H22ClN. The van der Waals surface area contributed by atoms with Crippen molar-refractivity contribution in [2.45, 2.75) is 32.6 Å². The molecule has 2 aliphatic carbocycles. The zero-order chi connectivity index (χ0) is 8.48. The largest absolute Gasteiger partial charge is 0.312 e. The quantitative estimate of drug-likeness (QED) is 0.569. The van der Waals surface area contributed by atoms with E-state index in [4.69, 9.17) is 0 Å². The lowest BCUT2D eigenvalue weighted by molar-refractivity contribution is 0.505. The van der Waals surface area contributed by atoms with Crippen LogP contribution in [0.1, 0.15) is 32.6 Å². The second-order valence-corrected chi connectivity index (χ2v) is 4.79. The van der Waals surface area contributed by atoms with Gasteiger partial charge in [-0.1, -0.05) is 13.3 Å². The third-order valence-electron chi connectivity index (χ3n) is 2.84. The highest BCUT2D eigenvalue weighted by atomic mass is 35.5. The first-order chi connectivity index (χ1) is 5.04. The summed E-state index contributed by atoms with van der Waals surface area (Å²) in [6.45, 7) is 2.44. The molecule has 0 saturated heterocycles. The van der Waals surface area contributed by atoms with Crippen molar-refractivity contribution in [3.8, 4) is 0 Å². The minimum atomic E-state index is 0. The zero-order valence-corrected chi connectivity index (χ0v) is 9.58. The lowest BCUT2D eigenvalue weighted by Gasteiger charge is -1.96. The van der Waals surface area contributed by atoms with Gasteiger partial charge in [-0.15, -0.1) is 12.4 Å². The lowest BCUT2D eigenvalue weighted by atomic mass is 10.1. The SMILES string of the molecule is CC12CCCC1C2.CN(C)C.Cl. The highest BCUT2D eigenvalue weighted by Gasteiger charge is 2.52. The molecule has 0 aromatic carbocycles. The molecule has 12 heavy (non-hydrogen) atoms. The third-order valence-corrected chi connectivity index (χ3v) is 2.84. The average Bonchev–Trinajstić information content (AvgIpc) is 2.31. The summed E-state index contributed by atoms with van der Waals surface area (Å²) in [6.07, 6.45) is 6.13. The summed E-state index contributed by atoms with van der Waals surface area (Å²) in [5.74, 6) is 1.16. The van der Waals surface area contributed by atoms with Gasteiger partial charge in [0.25, 0.3) is 0 Å². The van der Waals surface area contributed by atoms with Gasteiger partial charge in [-0.3, -0.25) is 0 Å². The Balaban J connectivity index is 0.000000217. The van der Waals surface area contributed by atoms with Gasteiger partial charge in [-0.2, -0.15) is 0 Å². The number of halogens is 1. The van der Waals surface area contributed by atoms with E-state index in [2.05, 4.69) is 6.92 Å². The van der Waals surface area contributed by atoms with E-state index in [1.165, 1.54) is 19.3 Å². The molecule has 0 spiro atoms. The van der Waals surface area contributed by atoms with Crippen LogP contribution in [0.3, 0.4) is 0 Å². The van der Waals surface area contributed by atoms with Crippen LogP contribution in [0.2, 0.25) is 0 Å². The molecule has 2 heteroatoms. The van der Waals surface area contributed by atoms with Gasteiger partial charge in [-0.25, -0.2) is 0 Å². The topological polar surface area (TPSA) is 3.24 Å². The van der Waals surface area contributed by atoms with Gasteiger partial charge in [0, 0.05) is 0 Å². The minimum Gasteiger partial charge on any atom is -0.312 e. The number of hydrogen-bond acceptors (Lipinski definition) is 1. The molecule has 0 N–H and O–H groups in total. The van der Waals surface area contributed by atoms with Gasteiger partial charge in [0.05, 0.1) is 0 Å². The van der Waals surface area contributed by atoms with Crippen LogP contribution in [0.4, 0.5) is 0 Å². The molecule has 0 amide bonds. The fourth-order valence-corrected chi connectivity index (χ4v) is 2.01. The summed E-state index contributed by atoms with van der Waals surface area (Å²) in [5.41, 5.74) is 0.861. The predicted molar refractivity (Wildman–Crippen MR) is 56.9 cm³/mol. The van der Waals surface area contributed by atoms with Gasteiger partial charge < -0.3 is 4.90 Å². The van der Waals surface area contributed by atoms with Crippen molar-refractivity contribution >= 4 is 12.4 Å². The molecule has 2 fully saturated rings. The van der Waals surface area contributed by atoms with Crippen LogP contribution >= 0.6 is 12.4 Å². The summed E-state index contributed by atoms with van der Waals surface area (Å²) >= 11 is 0. The van der Waals surface area contributed by atoms with Gasteiger partial charge in [-0.05, 0) is 51.7 Å². The Labute approximate surface area is 82.9 Å². The molecule has 0 aliphatic heterocycles. The van der Waals surface area contributed by atoms with Gasteiger partial charge >= 0.3 is 0 Å². The summed E-state index contributed by atoms with van der Waals surface area (Å²) in [7, 11) is 6.00. The smallest absolute Gasteiger partial charge is 0.0140 e. The Morgan fingerprint density at radius 3 is 1.83 bits per heavy atom. The first-order valence-electron chi connectivity index (χ1n) is 4.65. The normalized spacial score (nSPS) is 36.2. The summed E-state index contributed by atoms with van der Waals surface area (Å²) in [6, 6.07) is 0. The van der Waals surface area contributed by atoms with Crippen molar-refractivity contribution in [2.75, 3.05) is 21.1 Å². The molecule has 0 heterocycles. The lowest BCUT2D eigenvalue weighted by Crippen LogP contribution is -1.99. The molecule has 0 radical (unpaired) electrons. The van der Waals surface area contributed by atoms with Crippen molar-refractivity contribution in [3.63, 3.8) is 0 Å². The highest BCUT2D eigenvalue weighted by molar-refractivity contribution is 5.85. The summed E-state index contributed by atoms with van der Waals surface area (Å²) in [4.78, 5) is 2.00. The Bertz CT molecular complexity index is 131. The van der Waals surface area contributed by atoms with Crippen LogP contribution < -0.4 is 0 Å². The Hall–Kier alpha value is 0.250. The van der Waals surface area contributed by atoms with Crippen LogP contribution in [-0.2, 0) is 0 Å². The predicted octanol–water partition coefficient (Wildman–Crippen LogP) is 2.80. The maximum Gasteiger partial charge on any atom is -0.0140 e. The maximum atomic E-state index is 2.44. The van der Waals surface area contributed by atoms with Crippen molar-refractivity contribution in [2.24, 2.45) is 11.3 Å². The average molecular weight is 192 g/mol. The van der Waals surface area contributed by atoms with Crippen molar-refractivity contribution in [1.29, 1.82) is 0 Å². The third kappa shape index (κ3) is 3.32. The van der Waals surface area contributed by atoms with Crippen LogP contribution in [-0.4, -0.2) is 26.0 Å².